The lowest BCUT2D eigenvalue weighted by atomic mass is 9.99. The van der Waals surface area contributed by atoms with Gasteiger partial charge in [0.25, 0.3) is 0 Å². The van der Waals surface area contributed by atoms with Crippen LogP contribution in [-0.4, -0.2) is 16.6 Å². The zero-order chi connectivity index (χ0) is 14.8. The van der Waals surface area contributed by atoms with E-state index in [9.17, 15) is 0 Å². The lowest BCUT2D eigenvalue weighted by Gasteiger charge is -2.28. The average Bonchev–Trinajstić information content (AvgIpc) is 2.47. The van der Waals surface area contributed by atoms with Crippen LogP contribution in [0.25, 0.3) is 0 Å². The Labute approximate surface area is 129 Å². The van der Waals surface area contributed by atoms with Crippen molar-refractivity contribution in [2.24, 2.45) is 0 Å². The molecule has 0 amide bonds. The van der Waals surface area contributed by atoms with Gasteiger partial charge in [-0.1, -0.05) is 43.6 Å². The molecule has 110 valence electrons. The highest BCUT2D eigenvalue weighted by Gasteiger charge is 2.23. The number of para-hydroxylation sites is 1. The molecule has 2 heterocycles. The molecule has 1 unspecified atom stereocenters. The number of aromatic nitrogens is 2. The van der Waals surface area contributed by atoms with E-state index < -0.39 is 0 Å². The first-order chi connectivity index (χ1) is 10.2. The predicted octanol–water partition coefficient (Wildman–Crippen LogP) is 4.19. The van der Waals surface area contributed by atoms with E-state index >= 15 is 0 Å². The lowest BCUT2D eigenvalue weighted by Crippen LogP contribution is -2.21. The first-order valence-corrected chi connectivity index (χ1v) is 7.53. The van der Waals surface area contributed by atoms with E-state index in [0.29, 0.717) is 11.8 Å². The molecule has 0 saturated heterocycles. The Bertz CT molecular complexity index is 645. The number of halogens is 1. The standard InChI is InChI=1S/C16H18ClN3O/c1-10(2)14-15(17)18-9-19-16(14)20-12-7-8-21-13-6-4-3-5-11(12)13/h3-6,9-10,12H,7-8H2,1-2H3,(H,18,19,20). The van der Waals surface area contributed by atoms with Gasteiger partial charge in [0.1, 0.15) is 23.0 Å². The molecule has 2 aromatic rings. The van der Waals surface area contributed by atoms with Gasteiger partial charge in [0.2, 0.25) is 0 Å². The number of hydrogen-bond acceptors (Lipinski definition) is 4. The van der Waals surface area contributed by atoms with E-state index in [1.807, 2.05) is 18.2 Å². The molecule has 0 aliphatic carbocycles. The summed E-state index contributed by atoms with van der Waals surface area (Å²) in [6.07, 6.45) is 2.40. The number of anilines is 1. The molecular weight excluding hydrogens is 286 g/mol. The number of fused-ring (bicyclic) bond motifs is 1. The molecule has 0 radical (unpaired) electrons. The zero-order valence-electron chi connectivity index (χ0n) is 12.1. The smallest absolute Gasteiger partial charge is 0.138 e. The first kappa shape index (κ1) is 14.1. The van der Waals surface area contributed by atoms with E-state index in [-0.39, 0.29) is 12.0 Å². The Balaban J connectivity index is 1.94. The zero-order valence-corrected chi connectivity index (χ0v) is 12.9. The van der Waals surface area contributed by atoms with Gasteiger partial charge >= 0.3 is 0 Å². The fourth-order valence-corrected chi connectivity index (χ4v) is 3.01. The molecule has 1 aliphatic heterocycles. The summed E-state index contributed by atoms with van der Waals surface area (Å²) in [6.45, 7) is 4.88. The lowest BCUT2D eigenvalue weighted by molar-refractivity contribution is 0.274. The summed E-state index contributed by atoms with van der Waals surface area (Å²) >= 11 is 6.23. The summed E-state index contributed by atoms with van der Waals surface area (Å²) in [5.74, 6) is 2.01. The Hall–Kier alpha value is -1.81. The molecule has 21 heavy (non-hydrogen) atoms. The second kappa shape index (κ2) is 5.90. The minimum atomic E-state index is 0.179. The third-order valence-corrected chi connectivity index (χ3v) is 3.98. The van der Waals surface area contributed by atoms with Gasteiger partial charge in [-0.2, -0.15) is 0 Å². The maximum absolute atomic E-state index is 6.23. The molecule has 0 spiro atoms. The topological polar surface area (TPSA) is 47.0 Å². The highest BCUT2D eigenvalue weighted by atomic mass is 35.5. The SMILES string of the molecule is CC(C)c1c(Cl)ncnc1NC1CCOc2ccccc21. The molecule has 0 saturated carbocycles. The van der Waals surface area contributed by atoms with Crippen LogP contribution in [0, 0.1) is 0 Å². The molecule has 3 rings (SSSR count). The van der Waals surface area contributed by atoms with Crippen LogP contribution in [0.4, 0.5) is 5.82 Å². The van der Waals surface area contributed by atoms with Crippen molar-refractivity contribution in [3.8, 4) is 5.75 Å². The highest BCUT2D eigenvalue weighted by molar-refractivity contribution is 6.30. The van der Waals surface area contributed by atoms with Crippen LogP contribution in [0.15, 0.2) is 30.6 Å². The Morgan fingerprint density at radius 3 is 2.90 bits per heavy atom. The minimum absolute atomic E-state index is 0.179. The van der Waals surface area contributed by atoms with Crippen molar-refractivity contribution in [2.45, 2.75) is 32.2 Å². The van der Waals surface area contributed by atoms with E-state index in [1.165, 1.54) is 6.33 Å². The number of rotatable bonds is 3. The summed E-state index contributed by atoms with van der Waals surface area (Å²) in [7, 11) is 0. The van der Waals surface area contributed by atoms with E-state index in [0.717, 1.165) is 29.1 Å². The van der Waals surface area contributed by atoms with Crippen LogP contribution in [0.5, 0.6) is 5.75 Å². The Morgan fingerprint density at radius 1 is 1.29 bits per heavy atom. The van der Waals surface area contributed by atoms with Crippen LogP contribution in [0.3, 0.4) is 0 Å². The van der Waals surface area contributed by atoms with Gasteiger partial charge in [0, 0.05) is 17.5 Å². The molecule has 1 atom stereocenters. The molecule has 0 bridgehead atoms. The van der Waals surface area contributed by atoms with Crippen molar-refractivity contribution in [3.05, 3.63) is 46.9 Å². The van der Waals surface area contributed by atoms with Crippen molar-refractivity contribution in [1.82, 2.24) is 9.97 Å². The van der Waals surface area contributed by atoms with Gasteiger partial charge in [-0.05, 0) is 12.0 Å². The van der Waals surface area contributed by atoms with Crippen LogP contribution in [0.2, 0.25) is 5.15 Å². The van der Waals surface area contributed by atoms with Gasteiger partial charge in [-0.15, -0.1) is 0 Å². The summed E-state index contributed by atoms with van der Waals surface area (Å²) in [4.78, 5) is 8.47. The van der Waals surface area contributed by atoms with Gasteiger partial charge in [0.15, 0.2) is 0 Å². The molecule has 1 aromatic carbocycles. The quantitative estimate of drug-likeness (QED) is 0.864. The van der Waals surface area contributed by atoms with E-state index in [1.54, 1.807) is 0 Å². The van der Waals surface area contributed by atoms with Crippen LogP contribution in [0.1, 0.15) is 43.4 Å². The first-order valence-electron chi connectivity index (χ1n) is 7.15. The number of nitrogens with one attached hydrogen (secondary N) is 1. The van der Waals surface area contributed by atoms with Crippen LogP contribution in [-0.2, 0) is 0 Å². The molecule has 0 fully saturated rings. The molecule has 1 aromatic heterocycles. The maximum Gasteiger partial charge on any atom is 0.138 e. The third-order valence-electron chi connectivity index (χ3n) is 3.68. The minimum Gasteiger partial charge on any atom is -0.493 e. The third kappa shape index (κ3) is 2.81. The van der Waals surface area contributed by atoms with Crippen molar-refractivity contribution in [1.29, 1.82) is 0 Å². The van der Waals surface area contributed by atoms with Gasteiger partial charge in [0.05, 0.1) is 12.6 Å². The van der Waals surface area contributed by atoms with Gasteiger partial charge < -0.3 is 10.1 Å². The fourth-order valence-electron chi connectivity index (χ4n) is 2.66. The molecule has 1 N–H and O–H groups in total. The summed E-state index contributed by atoms with van der Waals surface area (Å²) in [5.41, 5.74) is 2.12. The summed E-state index contributed by atoms with van der Waals surface area (Å²) in [6, 6.07) is 8.28. The number of benzene rings is 1. The largest absolute Gasteiger partial charge is 0.493 e. The fraction of sp³-hybridized carbons (Fsp3) is 0.375. The molecular formula is C16H18ClN3O. The molecule has 4 nitrogen and oxygen atoms in total. The monoisotopic (exact) mass is 303 g/mol. The number of nitrogens with zero attached hydrogens (tertiary/aromatic N) is 2. The van der Waals surface area contributed by atoms with Crippen molar-refractivity contribution in [2.75, 3.05) is 11.9 Å². The van der Waals surface area contributed by atoms with E-state index in [4.69, 9.17) is 16.3 Å². The van der Waals surface area contributed by atoms with Crippen LogP contribution < -0.4 is 10.1 Å². The molecule has 5 heteroatoms. The maximum atomic E-state index is 6.23. The summed E-state index contributed by atoms with van der Waals surface area (Å²) in [5, 5.41) is 4.03. The molecule has 1 aliphatic rings. The van der Waals surface area contributed by atoms with Gasteiger partial charge in [-0.25, -0.2) is 9.97 Å². The average molecular weight is 304 g/mol. The van der Waals surface area contributed by atoms with E-state index in [2.05, 4.69) is 35.2 Å². The Kier molecular flexibility index (Phi) is 3.97. The second-order valence-corrected chi connectivity index (χ2v) is 5.81. The van der Waals surface area contributed by atoms with Crippen LogP contribution >= 0.6 is 11.6 Å². The number of ether oxygens (including phenoxy) is 1. The number of hydrogen-bond donors (Lipinski definition) is 1. The second-order valence-electron chi connectivity index (χ2n) is 5.45. The highest BCUT2D eigenvalue weighted by Crippen LogP contribution is 2.36. The van der Waals surface area contributed by atoms with Crippen molar-refractivity contribution in [3.63, 3.8) is 0 Å². The van der Waals surface area contributed by atoms with Crippen molar-refractivity contribution < 1.29 is 4.74 Å². The van der Waals surface area contributed by atoms with Gasteiger partial charge in [-0.3, -0.25) is 0 Å². The summed E-state index contributed by atoms with van der Waals surface area (Å²) < 4.78 is 5.69. The normalized spacial score (nSPS) is 17.2. The van der Waals surface area contributed by atoms with Crippen molar-refractivity contribution >= 4 is 17.4 Å². The predicted molar refractivity (Wildman–Crippen MR) is 84.0 cm³/mol. The Morgan fingerprint density at radius 2 is 2.10 bits per heavy atom.